The van der Waals surface area contributed by atoms with Crippen molar-refractivity contribution in [2.45, 2.75) is 19.1 Å². The number of hydrogen-bond acceptors (Lipinski definition) is 15. The Hall–Kier alpha value is -7.14. The minimum atomic E-state index is -3.65. The van der Waals surface area contributed by atoms with Gasteiger partial charge < -0.3 is 24.8 Å². The fourth-order valence-electron chi connectivity index (χ4n) is 7.07. The van der Waals surface area contributed by atoms with E-state index in [1.807, 2.05) is 0 Å². The number of esters is 1. The van der Waals surface area contributed by atoms with E-state index in [2.05, 4.69) is 24.6 Å². The molecule has 0 saturated carbocycles. The molecule has 354 valence electrons. The fraction of sp³-hybridized carbons (Fsp3) is 0.311. The SMILES string of the molecule is CCOC(=O)CN1CCN(CC2CN(c3ccc(C(=N)NC(=O)c4ccccc4F)cc3)C(=O)O2)CC1.CS(=O)(=O)OCC1CN(c2ccc(C(=N)NC(=O)c3ccccc3F)cc2)C(=O)O1. The molecule has 3 aliphatic rings. The summed E-state index contributed by atoms with van der Waals surface area (Å²) in [6, 6.07) is 23.7. The Morgan fingerprint density at radius 1 is 0.687 bits per heavy atom. The van der Waals surface area contributed by atoms with E-state index in [0.29, 0.717) is 42.2 Å². The molecule has 3 fully saturated rings. The summed E-state index contributed by atoms with van der Waals surface area (Å²) >= 11 is 0. The molecule has 4 N–H and O–H groups in total. The average molecular weight is 947 g/mol. The number of nitrogens with one attached hydrogen (secondary N) is 4. The number of piperazine rings is 1. The Morgan fingerprint density at radius 2 is 1.12 bits per heavy atom. The van der Waals surface area contributed by atoms with Crippen molar-refractivity contribution in [1.29, 1.82) is 10.8 Å². The summed E-state index contributed by atoms with van der Waals surface area (Å²) in [5, 5.41) is 20.9. The van der Waals surface area contributed by atoms with Gasteiger partial charge in [0, 0.05) is 55.2 Å². The van der Waals surface area contributed by atoms with Gasteiger partial charge in [0.1, 0.15) is 42.1 Å². The molecule has 22 heteroatoms. The standard InChI is InChI=1S/C26H30FN5O5.C19H18FN3O6S/c1-2-36-23(33)17-31-13-11-30(12-14-31)15-20-16-32(26(35)37-20)19-9-7-18(8-10-19)24(28)29-25(34)21-5-3-4-6-22(21)27;1-30(26,27)28-11-14-10-23(19(25)29-14)13-8-6-12(7-9-13)17(21)22-18(24)15-4-2-3-5-16(15)20/h3-10,20H,2,11-17H2,1H3,(H2,28,29,34);2-9,14H,10-11H2,1H3,(H2,21,22,24). The molecular formula is C45H48F2N8O11S. The molecule has 3 saturated heterocycles. The summed E-state index contributed by atoms with van der Waals surface area (Å²) in [5.74, 6) is -3.45. The number of amidine groups is 2. The Bertz CT molecular complexity index is 2600. The highest BCUT2D eigenvalue weighted by atomic mass is 32.2. The van der Waals surface area contributed by atoms with Crippen molar-refractivity contribution in [3.8, 4) is 0 Å². The van der Waals surface area contributed by atoms with Gasteiger partial charge in [-0.2, -0.15) is 8.42 Å². The number of hydrogen-bond donors (Lipinski definition) is 4. The van der Waals surface area contributed by atoms with Gasteiger partial charge in [0.25, 0.3) is 21.9 Å². The Labute approximate surface area is 384 Å². The molecule has 3 aliphatic heterocycles. The molecule has 7 rings (SSSR count). The van der Waals surface area contributed by atoms with Crippen molar-refractivity contribution in [3.05, 3.63) is 131 Å². The summed E-state index contributed by atoms with van der Waals surface area (Å²) in [6.45, 7) is 6.26. The lowest BCUT2D eigenvalue weighted by Gasteiger charge is -2.34. The van der Waals surface area contributed by atoms with Crippen LogP contribution in [0.25, 0.3) is 0 Å². The number of anilines is 2. The molecule has 4 amide bonds. The lowest BCUT2D eigenvalue weighted by atomic mass is 10.1. The minimum Gasteiger partial charge on any atom is -0.465 e. The predicted octanol–water partition coefficient (Wildman–Crippen LogP) is 3.97. The third-order valence-corrected chi connectivity index (χ3v) is 11.0. The minimum absolute atomic E-state index is 0.0924. The first-order valence-electron chi connectivity index (χ1n) is 20.9. The highest BCUT2D eigenvalue weighted by Gasteiger charge is 2.35. The number of benzene rings is 4. The maximum atomic E-state index is 13.8. The summed E-state index contributed by atoms with van der Waals surface area (Å²) in [5.41, 5.74) is 1.50. The van der Waals surface area contributed by atoms with Crippen molar-refractivity contribution in [3.63, 3.8) is 0 Å². The van der Waals surface area contributed by atoms with Crippen molar-refractivity contribution >= 4 is 63.1 Å². The largest absolute Gasteiger partial charge is 0.465 e. The second-order valence-electron chi connectivity index (χ2n) is 15.3. The van der Waals surface area contributed by atoms with Crippen molar-refractivity contribution in [2.24, 2.45) is 0 Å². The van der Waals surface area contributed by atoms with Gasteiger partial charge in [0.2, 0.25) is 0 Å². The normalized spacial score (nSPS) is 17.4. The molecule has 4 aromatic rings. The maximum Gasteiger partial charge on any atom is 0.414 e. The third kappa shape index (κ3) is 13.7. The number of cyclic esters (lactones) is 2. The number of ether oxygens (including phenoxy) is 3. The van der Waals surface area contributed by atoms with E-state index in [1.165, 1.54) is 58.3 Å². The number of carbonyl (C=O) groups excluding carboxylic acids is 5. The van der Waals surface area contributed by atoms with Crippen LogP contribution in [0.15, 0.2) is 97.1 Å². The number of halogens is 2. The van der Waals surface area contributed by atoms with Gasteiger partial charge in [0.15, 0.2) is 0 Å². The van der Waals surface area contributed by atoms with Crippen LogP contribution >= 0.6 is 0 Å². The van der Waals surface area contributed by atoms with E-state index in [9.17, 15) is 41.2 Å². The molecule has 19 nitrogen and oxygen atoms in total. The number of carbonyl (C=O) groups is 5. The lowest BCUT2D eigenvalue weighted by molar-refractivity contribution is -0.144. The van der Waals surface area contributed by atoms with Gasteiger partial charge in [0.05, 0.1) is 43.6 Å². The smallest absolute Gasteiger partial charge is 0.414 e. The zero-order valence-electron chi connectivity index (χ0n) is 36.4. The molecular weight excluding hydrogens is 899 g/mol. The van der Waals surface area contributed by atoms with Crippen molar-refractivity contribution in [1.82, 2.24) is 20.4 Å². The molecule has 3 heterocycles. The quantitative estimate of drug-likeness (QED) is 0.0461. The zero-order chi connectivity index (χ0) is 48.3. The van der Waals surface area contributed by atoms with Gasteiger partial charge in [-0.1, -0.05) is 24.3 Å². The van der Waals surface area contributed by atoms with Crippen LogP contribution in [-0.4, -0.2) is 144 Å². The molecule has 0 aliphatic carbocycles. The van der Waals surface area contributed by atoms with Crippen LogP contribution in [0.5, 0.6) is 0 Å². The van der Waals surface area contributed by atoms with Crippen molar-refractivity contribution < 1.29 is 59.6 Å². The molecule has 2 atom stereocenters. The lowest BCUT2D eigenvalue weighted by Crippen LogP contribution is -2.50. The van der Waals surface area contributed by atoms with E-state index in [1.54, 1.807) is 49.4 Å². The summed E-state index contributed by atoms with van der Waals surface area (Å²) in [4.78, 5) is 67.7. The highest BCUT2D eigenvalue weighted by Crippen LogP contribution is 2.25. The molecule has 0 aromatic heterocycles. The highest BCUT2D eigenvalue weighted by molar-refractivity contribution is 7.86. The van der Waals surface area contributed by atoms with Gasteiger partial charge in [-0.3, -0.25) is 49.0 Å². The van der Waals surface area contributed by atoms with Crippen LogP contribution in [0.1, 0.15) is 38.8 Å². The average Bonchev–Trinajstić information content (AvgIpc) is 3.87. The molecule has 0 spiro atoms. The van der Waals surface area contributed by atoms with Crippen LogP contribution in [0.4, 0.5) is 29.7 Å². The monoisotopic (exact) mass is 946 g/mol. The van der Waals surface area contributed by atoms with Crippen LogP contribution in [0.2, 0.25) is 0 Å². The predicted molar refractivity (Wildman–Crippen MR) is 240 cm³/mol. The first kappa shape index (κ1) is 49.3. The fourth-order valence-corrected chi connectivity index (χ4v) is 7.47. The second-order valence-corrected chi connectivity index (χ2v) is 17.0. The topological polar surface area (TPSA) is 241 Å². The molecule has 4 aromatic carbocycles. The summed E-state index contributed by atoms with van der Waals surface area (Å²) in [6.07, 6.45) is -1.23. The Balaban J connectivity index is 0.000000226. The molecule has 67 heavy (non-hydrogen) atoms. The van der Waals surface area contributed by atoms with E-state index in [4.69, 9.17) is 25.0 Å². The van der Waals surface area contributed by atoms with Crippen LogP contribution < -0.4 is 20.4 Å². The van der Waals surface area contributed by atoms with Gasteiger partial charge in [-0.15, -0.1) is 0 Å². The number of nitrogens with zero attached hydrogens (tertiary/aromatic N) is 4. The van der Waals surface area contributed by atoms with E-state index in [-0.39, 0.29) is 54.6 Å². The third-order valence-electron chi connectivity index (χ3n) is 10.5. The maximum absolute atomic E-state index is 13.8. The summed E-state index contributed by atoms with van der Waals surface area (Å²) < 4.78 is 69.9. The molecule has 0 radical (unpaired) electrons. The van der Waals surface area contributed by atoms with Gasteiger partial charge in [-0.25, -0.2) is 18.4 Å². The number of rotatable bonds is 14. The van der Waals surface area contributed by atoms with Crippen molar-refractivity contribution in [2.75, 3.05) is 81.6 Å². The second kappa shape index (κ2) is 22.4. The van der Waals surface area contributed by atoms with Gasteiger partial charge >= 0.3 is 18.2 Å². The summed E-state index contributed by atoms with van der Waals surface area (Å²) in [7, 11) is -3.65. The van der Waals surface area contributed by atoms with Gasteiger partial charge in [-0.05, 0) is 79.7 Å². The molecule has 0 bridgehead atoms. The Morgan fingerprint density at radius 3 is 1.57 bits per heavy atom. The number of amides is 4. The first-order chi connectivity index (χ1) is 32.0. The van der Waals surface area contributed by atoms with Crippen LogP contribution in [-0.2, 0) is 33.3 Å². The van der Waals surface area contributed by atoms with E-state index < -0.39 is 51.9 Å². The molecule has 2 unspecified atom stereocenters. The Kier molecular flexibility index (Phi) is 16.5. The zero-order valence-corrected chi connectivity index (χ0v) is 37.2. The van der Waals surface area contributed by atoms with Crippen LogP contribution in [0.3, 0.4) is 0 Å². The van der Waals surface area contributed by atoms with Crippen LogP contribution in [0, 0.1) is 22.5 Å². The van der Waals surface area contributed by atoms with E-state index in [0.717, 1.165) is 38.5 Å². The van der Waals surface area contributed by atoms with E-state index >= 15 is 0 Å². The first-order valence-corrected chi connectivity index (χ1v) is 22.7.